The fraction of sp³-hybridized carbons (Fsp3) is 0.235. The molecule has 0 spiro atoms. The predicted molar refractivity (Wildman–Crippen MR) is 91.0 cm³/mol. The van der Waals surface area contributed by atoms with Crippen LogP contribution in [0.25, 0.3) is 0 Å². The Morgan fingerprint density at radius 1 is 1.09 bits per heavy atom. The number of amides is 1. The molecule has 0 aliphatic carbocycles. The maximum Gasteiger partial charge on any atom is 0.255 e. The lowest BCUT2D eigenvalue weighted by Crippen LogP contribution is -2.17. The van der Waals surface area contributed by atoms with Gasteiger partial charge in [0, 0.05) is 11.3 Å². The fourth-order valence-corrected chi connectivity index (χ4v) is 2.71. The number of hydrogen-bond donors (Lipinski definition) is 2. The van der Waals surface area contributed by atoms with E-state index in [1.54, 1.807) is 13.0 Å². The molecule has 0 radical (unpaired) electrons. The van der Waals surface area contributed by atoms with Crippen molar-refractivity contribution in [2.24, 2.45) is 5.14 Å². The Balaban J connectivity index is 2.27. The minimum atomic E-state index is -3.84. The van der Waals surface area contributed by atoms with Crippen molar-refractivity contribution in [2.75, 3.05) is 5.32 Å². The Kier molecular flexibility index (Phi) is 4.87. The summed E-state index contributed by atoms with van der Waals surface area (Å²) in [6.07, 6.45) is 0. The molecular formula is C17H20N2O3S. The van der Waals surface area contributed by atoms with E-state index in [1.807, 2.05) is 24.3 Å². The van der Waals surface area contributed by atoms with Crippen molar-refractivity contribution in [1.82, 2.24) is 0 Å². The Hall–Kier alpha value is -2.18. The van der Waals surface area contributed by atoms with Crippen molar-refractivity contribution in [3.63, 3.8) is 0 Å². The number of sulfonamides is 1. The molecule has 1 amide bonds. The lowest BCUT2D eigenvalue weighted by molar-refractivity contribution is 0.102. The standard InChI is InChI=1S/C17H20N2O3S/c1-11(2)13-5-7-14(8-6-13)19-17(20)16-10-15(23(18,21)22)9-4-12(16)3/h4-11H,1-3H3,(H,19,20)(H2,18,21,22). The van der Waals surface area contributed by atoms with Crippen molar-refractivity contribution >= 4 is 21.6 Å². The van der Waals surface area contributed by atoms with Crippen LogP contribution in [0, 0.1) is 6.92 Å². The molecule has 0 bridgehead atoms. The molecule has 6 heteroatoms. The topological polar surface area (TPSA) is 89.3 Å². The van der Waals surface area contributed by atoms with Gasteiger partial charge in [-0.15, -0.1) is 0 Å². The molecule has 0 unspecified atom stereocenters. The summed E-state index contributed by atoms with van der Waals surface area (Å²) in [6.45, 7) is 5.93. The third kappa shape index (κ3) is 4.18. The SMILES string of the molecule is Cc1ccc(S(N)(=O)=O)cc1C(=O)Nc1ccc(C(C)C)cc1. The molecule has 0 fully saturated rings. The highest BCUT2D eigenvalue weighted by Gasteiger charge is 2.15. The summed E-state index contributed by atoms with van der Waals surface area (Å²) >= 11 is 0. The van der Waals surface area contributed by atoms with Gasteiger partial charge in [0.2, 0.25) is 10.0 Å². The van der Waals surface area contributed by atoms with Gasteiger partial charge in [-0.1, -0.05) is 32.0 Å². The second-order valence-corrected chi connectivity index (χ2v) is 7.31. The molecule has 122 valence electrons. The number of primary sulfonamides is 1. The van der Waals surface area contributed by atoms with E-state index in [-0.39, 0.29) is 16.4 Å². The molecule has 0 heterocycles. The number of anilines is 1. The van der Waals surface area contributed by atoms with Gasteiger partial charge in [-0.3, -0.25) is 4.79 Å². The first-order valence-electron chi connectivity index (χ1n) is 7.23. The van der Waals surface area contributed by atoms with E-state index in [0.29, 0.717) is 17.2 Å². The van der Waals surface area contributed by atoms with Crippen molar-refractivity contribution in [1.29, 1.82) is 0 Å². The number of carbonyl (C=O) groups excluding carboxylic acids is 1. The first kappa shape index (κ1) is 17.2. The molecule has 0 saturated heterocycles. The van der Waals surface area contributed by atoms with E-state index in [4.69, 9.17) is 5.14 Å². The third-order valence-electron chi connectivity index (χ3n) is 3.62. The van der Waals surface area contributed by atoms with Gasteiger partial charge in [-0.25, -0.2) is 13.6 Å². The summed E-state index contributed by atoms with van der Waals surface area (Å²) in [6, 6.07) is 11.8. The molecule has 0 atom stereocenters. The second kappa shape index (κ2) is 6.52. The van der Waals surface area contributed by atoms with E-state index in [0.717, 1.165) is 0 Å². The maximum atomic E-state index is 12.4. The fourth-order valence-electron chi connectivity index (χ4n) is 2.17. The number of hydrogen-bond acceptors (Lipinski definition) is 3. The second-order valence-electron chi connectivity index (χ2n) is 5.75. The molecule has 0 aliphatic rings. The smallest absolute Gasteiger partial charge is 0.255 e. The number of nitrogens with two attached hydrogens (primary N) is 1. The number of aryl methyl sites for hydroxylation is 1. The lowest BCUT2D eigenvalue weighted by Gasteiger charge is -2.10. The van der Waals surface area contributed by atoms with Crippen LogP contribution in [0.5, 0.6) is 0 Å². The molecule has 2 aromatic carbocycles. The van der Waals surface area contributed by atoms with E-state index >= 15 is 0 Å². The van der Waals surface area contributed by atoms with Crippen LogP contribution < -0.4 is 10.5 Å². The molecule has 2 rings (SSSR count). The van der Waals surface area contributed by atoms with Crippen molar-refractivity contribution < 1.29 is 13.2 Å². The molecule has 0 aliphatic heterocycles. The zero-order chi connectivity index (χ0) is 17.2. The molecular weight excluding hydrogens is 312 g/mol. The summed E-state index contributed by atoms with van der Waals surface area (Å²) in [4.78, 5) is 12.3. The maximum absolute atomic E-state index is 12.4. The first-order valence-corrected chi connectivity index (χ1v) is 8.78. The Morgan fingerprint density at radius 2 is 1.70 bits per heavy atom. The molecule has 2 aromatic rings. The van der Waals surface area contributed by atoms with Gasteiger partial charge < -0.3 is 5.32 Å². The van der Waals surface area contributed by atoms with Crippen LogP contribution in [0.15, 0.2) is 47.4 Å². The summed E-state index contributed by atoms with van der Waals surface area (Å²) < 4.78 is 22.8. The van der Waals surface area contributed by atoms with E-state index in [2.05, 4.69) is 19.2 Å². The van der Waals surface area contributed by atoms with Gasteiger partial charge in [-0.05, 0) is 48.2 Å². The van der Waals surface area contributed by atoms with E-state index < -0.39 is 10.0 Å². The Labute approximate surface area is 136 Å². The first-order chi connectivity index (χ1) is 10.7. The molecule has 23 heavy (non-hydrogen) atoms. The van der Waals surface area contributed by atoms with Gasteiger partial charge >= 0.3 is 0 Å². The van der Waals surface area contributed by atoms with Crippen LogP contribution in [-0.4, -0.2) is 14.3 Å². The minimum absolute atomic E-state index is 0.0802. The quantitative estimate of drug-likeness (QED) is 0.902. The van der Waals surface area contributed by atoms with Crippen LogP contribution in [0.4, 0.5) is 5.69 Å². The van der Waals surface area contributed by atoms with Gasteiger partial charge in [-0.2, -0.15) is 0 Å². The van der Waals surface area contributed by atoms with Crippen molar-refractivity contribution in [2.45, 2.75) is 31.6 Å². The summed E-state index contributed by atoms with van der Waals surface area (Å²) in [5.41, 5.74) is 2.79. The predicted octanol–water partition coefficient (Wildman–Crippen LogP) is 3.02. The zero-order valence-corrected chi connectivity index (χ0v) is 14.1. The monoisotopic (exact) mass is 332 g/mol. The van der Waals surface area contributed by atoms with Crippen LogP contribution in [0.2, 0.25) is 0 Å². The van der Waals surface area contributed by atoms with Gasteiger partial charge in [0.15, 0.2) is 0 Å². The molecule has 5 nitrogen and oxygen atoms in total. The van der Waals surface area contributed by atoms with Crippen LogP contribution in [-0.2, 0) is 10.0 Å². The average Bonchev–Trinajstić information content (AvgIpc) is 2.46. The largest absolute Gasteiger partial charge is 0.322 e. The number of carbonyl (C=O) groups is 1. The van der Waals surface area contributed by atoms with Gasteiger partial charge in [0.1, 0.15) is 0 Å². The van der Waals surface area contributed by atoms with Crippen molar-refractivity contribution in [3.8, 4) is 0 Å². The molecule has 0 aromatic heterocycles. The van der Waals surface area contributed by atoms with Crippen LogP contribution in [0.1, 0.15) is 41.3 Å². The molecule has 0 saturated carbocycles. The van der Waals surface area contributed by atoms with E-state index in [1.165, 1.54) is 17.7 Å². The summed E-state index contributed by atoms with van der Waals surface area (Å²) in [5.74, 6) is 0.0405. The van der Waals surface area contributed by atoms with Gasteiger partial charge in [0.25, 0.3) is 5.91 Å². The minimum Gasteiger partial charge on any atom is -0.322 e. The molecule has 3 N–H and O–H groups in total. The normalized spacial score (nSPS) is 11.5. The zero-order valence-electron chi connectivity index (χ0n) is 13.3. The Morgan fingerprint density at radius 3 is 2.22 bits per heavy atom. The number of rotatable bonds is 4. The van der Waals surface area contributed by atoms with E-state index in [9.17, 15) is 13.2 Å². The lowest BCUT2D eigenvalue weighted by atomic mass is 10.0. The summed E-state index contributed by atoms with van der Waals surface area (Å²) in [7, 11) is -3.84. The van der Waals surface area contributed by atoms with Gasteiger partial charge in [0.05, 0.1) is 4.90 Å². The highest BCUT2D eigenvalue weighted by molar-refractivity contribution is 7.89. The number of nitrogens with one attached hydrogen (secondary N) is 1. The van der Waals surface area contributed by atoms with Crippen LogP contribution in [0.3, 0.4) is 0 Å². The summed E-state index contributed by atoms with van der Waals surface area (Å²) in [5, 5.41) is 7.88. The highest BCUT2D eigenvalue weighted by Crippen LogP contribution is 2.19. The highest BCUT2D eigenvalue weighted by atomic mass is 32.2. The third-order valence-corrected chi connectivity index (χ3v) is 4.53. The number of benzene rings is 2. The van der Waals surface area contributed by atoms with Crippen LogP contribution >= 0.6 is 0 Å². The average molecular weight is 332 g/mol. The Bertz CT molecular complexity index is 825. The van der Waals surface area contributed by atoms with Crippen molar-refractivity contribution in [3.05, 3.63) is 59.2 Å².